The number of benzene rings is 1. The summed E-state index contributed by atoms with van der Waals surface area (Å²) >= 11 is 0. The van der Waals surface area contributed by atoms with Gasteiger partial charge in [0.25, 0.3) is 0 Å². The summed E-state index contributed by atoms with van der Waals surface area (Å²) in [5.41, 5.74) is 7.34. The molecule has 0 saturated carbocycles. The zero-order chi connectivity index (χ0) is 11.7. The third-order valence-electron chi connectivity index (χ3n) is 2.65. The molecular weight excluding hydrogens is 204 g/mol. The van der Waals surface area contributed by atoms with Crippen molar-refractivity contribution in [1.82, 2.24) is 0 Å². The molecule has 1 aliphatic heterocycles. The Morgan fingerprint density at radius 3 is 3.06 bits per heavy atom. The molecule has 1 unspecified atom stereocenters. The van der Waals surface area contributed by atoms with Gasteiger partial charge in [-0.3, -0.25) is 4.79 Å². The van der Waals surface area contributed by atoms with E-state index in [1.54, 1.807) is 4.90 Å². The maximum absolute atomic E-state index is 11.7. The van der Waals surface area contributed by atoms with Crippen LogP contribution in [0.3, 0.4) is 0 Å². The summed E-state index contributed by atoms with van der Waals surface area (Å²) in [6, 6.07) is 5.82. The molecule has 0 fully saturated rings. The molecule has 1 aromatic carbocycles. The van der Waals surface area contributed by atoms with E-state index < -0.39 is 0 Å². The van der Waals surface area contributed by atoms with E-state index in [0.717, 1.165) is 17.0 Å². The molecule has 86 valence electrons. The maximum atomic E-state index is 11.7. The minimum atomic E-state index is -0.0692. The topological polar surface area (TPSA) is 55.6 Å². The van der Waals surface area contributed by atoms with Gasteiger partial charge in [0, 0.05) is 0 Å². The Bertz CT molecular complexity index is 417. The molecule has 1 amide bonds. The summed E-state index contributed by atoms with van der Waals surface area (Å²) in [5, 5.41) is 0. The summed E-state index contributed by atoms with van der Waals surface area (Å²) in [5.74, 6) is 0.695. The lowest BCUT2D eigenvalue weighted by Gasteiger charge is -2.33. The largest absolute Gasteiger partial charge is 0.487 e. The molecular formula is C12H16N2O2. The van der Waals surface area contributed by atoms with Crippen molar-refractivity contribution in [1.29, 1.82) is 0 Å². The molecule has 1 atom stereocenters. The quantitative estimate of drug-likeness (QED) is 0.770. The second-order valence-corrected chi connectivity index (χ2v) is 4.11. The van der Waals surface area contributed by atoms with Crippen LogP contribution in [0.4, 0.5) is 5.69 Å². The van der Waals surface area contributed by atoms with E-state index in [2.05, 4.69) is 0 Å². The highest BCUT2D eigenvalue weighted by Gasteiger charge is 2.26. The SMILES string of the molecule is Cc1ccc2c(c1)OC(C)CN2C(=O)CN. The van der Waals surface area contributed by atoms with Gasteiger partial charge in [-0.2, -0.15) is 0 Å². The molecule has 0 bridgehead atoms. The van der Waals surface area contributed by atoms with Crippen molar-refractivity contribution >= 4 is 11.6 Å². The molecule has 16 heavy (non-hydrogen) atoms. The second-order valence-electron chi connectivity index (χ2n) is 4.11. The Balaban J connectivity index is 2.41. The van der Waals surface area contributed by atoms with Crippen molar-refractivity contribution in [2.75, 3.05) is 18.0 Å². The highest BCUT2D eigenvalue weighted by molar-refractivity contribution is 5.96. The van der Waals surface area contributed by atoms with Crippen molar-refractivity contribution in [3.05, 3.63) is 23.8 Å². The molecule has 1 heterocycles. The van der Waals surface area contributed by atoms with Gasteiger partial charge in [-0.25, -0.2) is 0 Å². The molecule has 2 rings (SSSR count). The van der Waals surface area contributed by atoms with Crippen molar-refractivity contribution in [3.8, 4) is 5.75 Å². The van der Waals surface area contributed by atoms with Gasteiger partial charge in [-0.05, 0) is 31.5 Å². The average Bonchev–Trinajstić information content (AvgIpc) is 2.26. The molecule has 0 aromatic heterocycles. The van der Waals surface area contributed by atoms with Gasteiger partial charge in [0.15, 0.2) is 0 Å². The predicted molar refractivity (Wildman–Crippen MR) is 62.7 cm³/mol. The normalized spacial score (nSPS) is 18.9. The third kappa shape index (κ3) is 1.88. The van der Waals surface area contributed by atoms with Crippen LogP contribution in [0.1, 0.15) is 12.5 Å². The van der Waals surface area contributed by atoms with Crippen LogP contribution in [0.5, 0.6) is 5.75 Å². The standard InChI is InChI=1S/C12H16N2O2/c1-8-3-4-10-11(5-8)16-9(2)7-14(10)12(15)6-13/h3-5,9H,6-7,13H2,1-2H3. The minimum absolute atomic E-state index is 0.00444. The lowest BCUT2D eigenvalue weighted by molar-refractivity contribution is -0.117. The molecule has 0 saturated heterocycles. The highest BCUT2D eigenvalue weighted by atomic mass is 16.5. The summed E-state index contributed by atoms with van der Waals surface area (Å²) in [6.07, 6.45) is 0.00444. The number of carbonyl (C=O) groups excluding carboxylic acids is 1. The van der Waals surface area contributed by atoms with E-state index in [9.17, 15) is 4.79 Å². The van der Waals surface area contributed by atoms with Gasteiger partial charge < -0.3 is 15.4 Å². The van der Waals surface area contributed by atoms with E-state index in [4.69, 9.17) is 10.5 Å². The highest BCUT2D eigenvalue weighted by Crippen LogP contribution is 2.34. The molecule has 0 spiro atoms. The molecule has 0 aliphatic carbocycles. The number of anilines is 1. The number of hydrogen-bond acceptors (Lipinski definition) is 3. The number of carbonyl (C=O) groups is 1. The van der Waals surface area contributed by atoms with E-state index in [-0.39, 0.29) is 18.6 Å². The fourth-order valence-electron chi connectivity index (χ4n) is 1.89. The summed E-state index contributed by atoms with van der Waals surface area (Å²) in [4.78, 5) is 13.4. The number of aryl methyl sites for hydroxylation is 1. The lowest BCUT2D eigenvalue weighted by atomic mass is 10.1. The molecule has 1 aromatic rings. The first kappa shape index (κ1) is 11.0. The Hall–Kier alpha value is -1.55. The van der Waals surface area contributed by atoms with Crippen molar-refractivity contribution < 1.29 is 9.53 Å². The smallest absolute Gasteiger partial charge is 0.240 e. The summed E-state index contributed by atoms with van der Waals surface area (Å²) in [6.45, 7) is 4.53. The number of ether oxygens (including phenoxy) is 1. The van der Waals surface area contributed by atoms with Crippen LogP contribution >= 0.6 is 0 Å². The minimum Gasteiger partial charge on any atom is -0.487 e. The predicted octanol–water partition coefficient (Wildman–Crippen LogP) is 1.07. The average molecular weight is 220 g/mol. The number of nitrogens with two attached hydrogens (primary N) is 1. The molecule has 4 nitrogen and oxygen atoms in total. The Morgan fingerprint density at radius 2 is 2.38 bits per heavy atom. The first-order chi connectivity index (χ1) is 7.61. The molecule has 1 aliphatic rings. The Kier molecular flexibility index (Phi) is 2.83. The Morgan fingerprint density at radius 1 is 1.62 bits per heavy atom. The first-order valence-electron chi connectivity index (χ1n) is 5.39. The summed E-state index contributed by atoms with van der Waals surface area (Å²) < 4.78 is 5.70. The van der Waals surface area contributed by atoms with Crippen LogP contribution in [0.2, 0.25) is 0 Å². The van der Waals surface area contributed by atoms with E-state index >= 15 is 0 Å². The van der Waals surface area contributed by atoms with Gasteiger partial charge >= 0.3 is 0 Å². The lowest BCUT2D eigenvalue weighted by Crippen LogP contribution is -2.44. The molecule has 4 heteroatoms. The zero-order valence-electron chi connectivity index (χ0n) is 9.56. The van der Waals surface area contributed by atoms with Crippen molar-refractivity contribution in [2.24, 2.45) is 5.73 Å². The number of fused-ring (bicyclic) bond motifs is 1. The number of amides is 1. The summed E-state index contributed by atoms with van der Waals surface area (Å²) in [7, 11) is 0. The van der Waals surface area contributed by atoms with Gasteiger partial charge in [0.05, 0.1) is 18.8 Å². The van der Waals surface area contributed by atoms with Crippen molar-refractivity contribution in [2.45, 2.75) is 20.0 Å². The number of rotatable bonds is 1. The monoisotopic (exact) mass is 220 g/mol. The zero-order valence-corrected chi connectivity index (χ0v) is 9.56. The molecule has 0 radical (unpaired) electrons. The number of nitrogens with zero attached hydrogens (tertiary/aromatic N) is 1. The maximum Gasteiger partial charge on any atom is 0.240 e. The van der Waals surface area contributed by atoms with Gasteiger partial charge in [0.1, 0.15) is 11.9 Å². The van der Waals surface area contributed by atoms with Gasteiger partial charge in [-0.1, -0.05) is 6.07 Å². The van der Waals surface area contributed by atoms with E-state index in [1.807, 2.05) is 32.0 Å². The first-order valence-corrected chi connectivity index (χ1v) is 5.39. The fraction of sp³-hybridized carbons (Fsp3) is 0.417. The van der Waals surface area contributed by atoms with E-state index in [0.29, 0.717) is 6.54 Å². The van der Waals surface area contributed by atoms with E-state index in [1.165, 1.54) is 0 Å². The van der Waals surface area contributed by atoms with Crippen LogP contribution in [-0.2, 0) is 4.79 Å². The molecule has 2 N–H and O–H groups in total. The number of hydrogen-bond donors (Lipinski definition) is 1. The van der Waals surface area contributed by atoms with Crippen LogP contribution in [0.25, 0.3) is 0 Å². The van der Waals surface area contributed by atoms with Crippen LogP contribution in [0.15, 0.2) is 18.2 Å². The van der Waals surface area contributed by atoms with Crippen LogP contribution in [0, 0.1) is 6.92 Å². The van der Waals surface area contributed by atoms with Gasteiger partial charge in [-0.15, -0.1) is 0 Å². The van der Waals surface area contributed by atoms with Crippen molar-refractivity contribution in [3.63, 3.8) is 0 Å². The Labute approximate surface area is 95.0 Å². The third-order valence-corrected chi connectivity index (χ3v) is 2.65. The van der Waals surface area contributed by atoms with Crippen LogP contribution < -0.4 is 15.4 Å². The second kappa shape index (κ2) is 4.14. The van der Waals surface area contributed by atoms with Crippen LogP contribution in [-0.4, -0.2) is 25.1 Å². The van der Waals surface area contributed by atoms with Gasteiger partial charge in [0.2, 0.25) is 5.91 Å². The fourth-order valence-corrected chi connectivity index (χ4v) is 1.89.